The number of benzene rings is 2. The Balaban J connectivity index is 2.02. The highest BCUT2D eigenvalue weighted by Gasteiger charge is 2.07. The molecule has 0 aliphatic rings. The molecule has 0 bridgehead atoms. The fraction of sp³-hybridized carbons (Fsp3) is 0.200. The highest BCUT2D eigenvalue weighted by atomic mass is 35.5. The minimum Gasteiger partial charge on any atom is -0.381 e. The lowest BCUT2D eigenvalue weighted by atomic mass is 10.1. The van der Waals surface area contributed by atoms with Crippen molar-refractivity contribution in [1.82, 2.24) is 0 Å². The fourth-order valence-electron chi connectivity index (χ4n) is 1.90. The molecular formula is C15H14Cl2FN. The van der Waals surface area contributed by atoms with E-state index < -0.39 is 0 Å². The summed E-state index contributed by atoms with van der Waals surface area (Å²) in [6.07, 6.45) is 0.810. The lowest BCUT2D eigenvalue weighted by molar-refractivity contribution is 0.627. The van der Waals surface area contributed by atoms with Gasteiger partial charge in [-0.2, -0.15) is 0 Å². The molecule has 0 aromatic heterocycles. The van der Waals surface area contributed by atoms with E-state index in [-0.39, 0.29) is 11.9 Å². The summed E-state index contributed by atoms with van der Waals surface area (Å²) in [6, 6.07) is 12.1. The van der Waals surface area contributed by atoms with Gasteiger partial charge in [-0.15, -0.1) is 0 Å². The minimum absolute atomic E-state index is 0.139. The topological polar surface area (TPSA) is 12.0 Å². The van der Waals surface area contributed by atoms with Crippen molar-refractivity contribution in [2.75, 3.05) is 5.32 Å². The van der Waals surface area contributed by atoms with E-state index in [2.05, 4.69) is 5.32 Å². The van der Waals surface area contributed by atoms with Crippen LogP contribution in [0.2, 0.25) is 10.0 Å². The summed E-state index contributed by atoms with van der Waals surface area (Å²) in [6.45, 7) is 2.02. The highest BCUT2D eigenvalue weighted by molar-refractivity contribution is 6.33. The Morgan fingerprint density at radius 2 is 1.79 bits per heavy atom. The van der Waals surface area contributed by atoms with E-state index in [1.54, 1.807) is 6.07 Å². The maximum absolute atomic E-state index is 13.2. The zero-order valence-corrected chi connectivity index (χ0v) is 12.0. The molecule has 2 rings (SSSR count). The van der Waals surface area contributed by atoms with Crippen molar-refractivity contribution in [2.45, 2.75) is 19.4 Å². The quantitative estimate of drug-likeness (QED) is 0.820. The first kappa shape index (κ1) is 14.2. The van der Waals surface area contributed by atoms with Crippen LogP contribution in [0.4, 0.5) is 10.1 Å². The van der Waals surface area contributed by atoms with E-state index in [1.807, 2.05) is 31.2 Å². The second kappa shape index (κ2) is 6.27. The van der Waals surface area contributed by atoms with Crippen molar-refractivity contribution in [1.29, 1.82) is 0 Å². The van der Waals surface area contributed by atoms with E-state index in [9.17, 15) is 4.39 Å². The third kappa shape index (κ3) is 4.12. The average Bonchev–Trinajstić information content (AvgIpc) is 2.37. The van der Waals surface area contributed by atoms with Crippen LogP contribution in [0.25, 0.3) is 0 Å². The van der Waals surface area contributed by atoms with Crippen LogP contribution in [0, 0.1) is 5.82 Å². The monoisotopic (exact) mass is 297 g/mol. The van der Waals surface area contributed by atoms with E-state index in [0.717, 1.165) is 17.0 Å². The first-order chi connectivity index (χ1) is 9.04. The number of nitrogens with one attached hydrogen (secondary N) is 1. The molecule has 0 heterocycles. The molecular weight excluding hydrogens is 284 g/mol. The molecule has 0 spiro atoms. The van der Waals surface area contributed by atoms with Gasteiger partial charge >= 0.3 is 0 Å². The lowest BCUT2D eigenvalue weighted by Crippen LogP contribution is -2.18. The summed E-state index contributed by atoms with van der Waals surface area (Å²) in [5.74, 6) is -0.300. The molecule has 0 saturated carbocycles. The van der Waals surface area contributed by atoms with Gasteiger partial charge in [-0.25, -0.2) is 4.39 Å². The Labute approximate surface area is 122 Å². The van der Waals surface area contributed by atoms with Crippen LogP contribution in [0.15, 0.2) is 42.5 Å². The Morgan fingerprint density at radius 1 is 1.11 bits per heavy atom. The molecule has 1 N–H and O–H groups in total. The van der Waals surface area contributed by atoms with E-state index in [0.29, 0.717) is 10.7 Å². The molecule has 0 saturated heterocycles. The Bertz CT molecular complexity index is 555. The maximum Gasteiger partial charge on any atom is 0.125 e. The summed E-state index contributed by atoms with van der Waals surface area (Å²) in [5, 5.41) is 4.45. The van der Waals surface area contributed by atoms with E-state index in [1.165, 1.54) is 12.1 Å². The molecule has 1 nitrogen and oxygen atoms in total. The summed E-state index contributed by atoms with van der Waals surface area (Å²) in [4.78, 5) is 0. The predicted molar refractivity (Wildman–Crippen MR) is 79.7 cm³/mol. The zero-order chi connectivity index (χ0) is 13.8. The van der Waals surface area contributed by atoms with Crippen molar-refractivity contribution in [3.8, 4) is 0 Å². The third-order valence-corrected chi connectivity index (χ3v) is 3.37. The van der Waals surface area contributed by atoms with Crippen molar-refractivity contribution in [3.05, 3.63) is 63.9 Å². The Morgan fingerprint density at radius 3 is 2.47 bits per heavy atom. The molecule has 0 fully saturated rings. The second-order valence-electron chi connectivity index (χ2n) is 4.50. The number of halogens is 3. The average molecular weight is 298 g/mol. The van der Waals surface area contributed by atoms with Crippen LogP contribution in [0.3, 0.4) is 0 Å². The largest absolute Gasteiger partial charge is 0.381 e. The summed E-state index contributed by atoms with van der Waals surface area (Å²) >= 11 is 11.9. The SMILES string of the molecule is CC(Cc1ccc(Cl)cc1)Nc1cc(F)ccc1Cl. The van der Waals surface area contributed by atoms with Crippen LogP contribution >= 0.6 is 23.2 Å². The summed E-state index contributed by atoms with van der Waals surface area (Å²) < 4.78 is 13.2. The van der Waals surface area contributed by atoms with Gasteiger partial charge < -0.3 is 5.32 Å². The van der Waals surface area contributed by atoms with Gasteiger partial charge in [0.15, 0.2) is 0 Å². The van der Waals surface area contributed by atoms with Crippen molar-refractivity contribution < 1.29 is 4.39 Å². The van der Waals surface area contributed by atoms with Crippen molar-refractivity contribution in [3.63, 3.8) is 0 Å². The molecule has 0 aliphatic heterocycles. The van der Waals surface area contributed by atoms with E-state index in [4.69, 9.17) is 23.2 Å². The molecule has 2 aromatic carbocycles. The molecule has 1 atom stereocenters. The standard InChI is InChI=1S/C15H14Cl2FN/c1-10(8-11-2-4-12(16)5-3-11)19-15-9-13(18)6-7-14(15)17/h2-7,9-10,19H,8H2,1H3. The molecule has 4 heteroatoms. The van der Waals surface area contributed by atoms with Gasteiger partial charge in [0.05, 0.1) is 10.7 Å². The zero-order valence-electron chi connectivity index (χ0n) is 10.5. The molecule has 19 heavy (non-hydrogen) atoms. The van der Waals surface area contributed by atoms with Crippen LogP contribution < -0.4 is 5.32 Å². The van der Waals surface area contributed by atoms with Gasteiger partial charge in [-0.3, -0.25) is 0 Å². The van der Waals surface area contributed by atoms with Crippen molar-refractivity contribution in [2.24, 2.45) is 0 Å². The van der Waals surface area contributed by atoms with Crippen molar-refractivity contribution >= 4 is 28.9 Å². The molecule has 0 amide bonds. The van der Waals surface area contributed by atoms with Crippen LogP contribution in [-0.2, 0) is 6.42 Å². The van der Waals surface area contributed by atoms with Gasteiger partial charge in [0.1, 0.15) is 5.82 Å². The smallest absolute Gasteiger partial charge is 0.125 e. The second-order valence-corrected chi connectivity index (χ2v) is 5.34. The number of anilines is 1. The fourth-order valence-corrected chi connectivity index (χ4v) is 2.20. The predicted octanol–water partition coefficient (Wildman–Crippen LogP) is 5.18. The number of hydrogen-bond donors (Lipinski definition) is 1. The number of rotatable bonds is 4. The summed E-state index contributed by atoms with van der Waals surface area (Å²) in [5.41, 5.74) is 1.78. The summed E-state index contributed by atoms with van der Waals surface area (Å²) in [7, 11) is 0. The minimum atomic E-state index is -0.300. The Kier molecular flexibility index (Phi) is 4.67. The van der Waals surface area contributed by atoms with E-state index >= 15 is 0 Å². The first-order valence-electron chi connectivity index (χ1n) is 6.00. The first-order valence-corrected chi connectivity index (χ1v) is 6.76. The molecule has 0 aliphatic carbocycles. The van der Waals surface area contributed by atoms with Crippen LogP contribution in [-0.4, -0.2) is 6.04 Å². The van der Waals surface area contributed by atoms with Gasteiger partial charge in [0.2, 0.25) is 0 Å². The van der Waals surface area contributed by atoms with Crippen LogP contribution in [0.5, 0.6) is 0 Å². The molecule has 100 valence electrons. The van der Waals surface area contributed by atoms with Gasteiger partial charge in [-0.05, 0) is 49.2 Å². The molecule has 0 radical (unpaired) electrons. The van der Waals surface area contributed by atoms with Crippen LogP contribution in [0.1, 0.15) is 12.5 Å². The van der Waals surface area contributed by atoms with Gasteiger partial charge in [0.25, 0.3) is 0 Å². The normalized spacial score (nSPS) is 12.2. The van der Waals surface area contributed by atoms with Gasteiger partial charge in [0, 0.05) is 11.1 Å². The van der Waals surface area contributed by atoms with Gasteiger partial charge in [-0.1, -0.05) is 35.3 Å². The lowest BCUT2D eigenvalue weighted by Gasteiger charge is -2.16. The maximum atomic E-state index is 13.2. The molecule has 1 unspecified atom stereocenters. The number of hydrogen-bond acceptors (Lipinski definition) is 1. The Hall–Kier alpha value is -1.25. The molecule has 2 aromatic rings. The highest BCUT2D eigenvalue weighted by Crippen LogP contribution is 2.23. The third-order valence-electron chi connectivity index (χ3n) is 2.79.